The van der Waals surface area contributed by atoms with Crippen LogP contribution in [0.25, 0.3) is 0 Å². The first-order valence-corrected chi connectivity index (χ1v) is 6.95. The summed E-state index contributed by atoms with van der Waals surface area (Å²) in [5, 5.41) is 0.294. The molecule has 3 nitrogen and oxygen atoms in total. The third kappa shape index (κ3) is 3.02. The number of aromatic nitrogens is 1. The smallest absolute Gasteiger partial charge is 0.256 e. The normalized spacial score (nSPS) is 17.2. The molecule has 0 aliphatic heterocycles. The lowest BCUT2D eigenvalue weighted by molar-refractivity contribution is 0.0717. The molecule has 1 aliphatic rings. The third-order valence-corrected chi connectivity index (χ3v) is 3.98. The van der Waals surface area contributed by atoms with Gasteiger partial charge >= 0.3 is 0 Å². The van der Waals surface area contributed by atoms with Crippen LogP contribution in [0.15, 0.2) is 18.3 Å². The van der Waals surface area contributed by atoms with Crippen molar-refractivity contribution in [1.29, 1.82) is 0 Å². The quantitative estimate of drug-likeness (QED) is 0.606. The zero-order valence-electron chi connectivity index (χ0n) is 10.7. The largest absolute Gasteiger partial charge is 0.339 e. The summed E-state index contributed by atoms with van der Waals surface area (Å²) in [5.41, 5.74) is 0.505. The van der Waals surface area contributed by atoms with Crippen molar-refractivity contribution < 1.29 is 4.79 Å². The summed E-state index contributed by atoms with van der Waals surface area (Å²) in [6.07, 6.45) is 8.79. The maximum atomic E-state index is 12.4. The highest BCUT2D eigenvalue weighted by atomic mass is 35.5. The molecular weight excluding hydrogens is 248 g/mol. The average molecular weight is 267 g/mol. The molecule has 0 radical (unpaired) electrons. The summed E-state index contributed by atoms with van der Waals surface area (Å²) in [6, 6.07) is 3.83. The number of hydrogen-bond acceptors (Lipinski definition) is 2. The molecule has 1 saturated carbocycles. The zero-order valence-corrected chi connectivity index (χ0v) is 11.5. The van der Waals surface area contributed by atoms with Crippen LogP contribution in [0.4, 0.5) is 0 Å². The highest BCUT2D eigenvalue weighted by molar-refractivity contribution is 6.32. The van der Waals surface area contributed by atoms with Gasteiger partial charge in [0.2, 0.25) is 0 Å². The van der Waals surface area contributed by atoms with Crippen molar-refractivity contribution in [2.45, 2.75) is 44.6 Å². The predicted octanol–water partition coefficient (Wildman–Crippen LogP) is 3.53. The highest BCUT2D eigenvalue weighted by Crippen LogP contribution is 2.23. The summed E-state index contributed by atoms with van der Waals surface area (Å²) in [6.45, 7) is 0. The Morgan fingerprint density at radius 1 is 1.33 bits per heavy atom. The standard InChI is InChI=1S/C14H19ClN2O/c1-17(11-7-4-2-3-5-8-11)14(18)12-9-6-10-16-13(12)15/h6,9-11H,2-5,7-8H2,1H3. The summed E-state index contributed by atoms with van der Waals surface area (Å²) in [5.74, 6) is -0.0139. The second kappa shape index (κ2) is 6.19. The Kier molecular flexibility index (Phi) is 4.59. The van der Waals surface area contributed by atoms with Gasteiger partial charge in [-0.25, -0.2) is 4.98 Å². The van der Waals surface area contributed by atoms with E-state index in [1.165, 1.54) is 25.7 Å². The van der Waals surface area contributed by atoms with E-state index in [9.17, 15) is 4.79 Å². The van der Waals surface area contributed by atoms with Crippen molar-refractivity contribution in [2.75, 3.05) is 7.05 Å². The number of nitrogens with zero attached hydrogens (tertiary/aromatic N) is 2. The van der Waals surface area contributed by atoms with Crippen LogP contribution in [0.2, 0.25) is 5.15 Å². The monoisotopic (exact) mass is 266 g/mol. The van der Waals surface area contributed by atoms with Gasteiger partial charge in [0.05, 0.1) is 5.56 Å². The first kappa shape index (κ1) is 13.3. The molecule has 1 amide bonds. The summed E-state index contributed by atoms with van der Waals surface area (Å²) in [7, 11) is 1.88. The second-order valence-electron chi connectivity index (χ2n) is 4.90. The van der Waals surface area contributed by atoms with Crippen LogP contribution in [0.3, 0.4) is 0 Å². The van der Waals surface area contributed by atoms with E-state index in [-0.39, 0.29) is 5.91 Å². The van der Waals surface area contributed by atoms with Gasteiger partial charge in [-0.15, -0.1) is 0 Å². The molecule has 1 aliphatic carbocycles. The van der Waals surface area contributed by atoms with E-state index in [4.69, 9.17) is 11.6 Å². The van der Waals surface area contributed by atoms with Crippen molar-refractivity contribution in [3.8, 4) is 0 Å². The lowest BCUT2D eigenvalue weighted by Crippen LogP contribution is -2.36. The fourth-order valence-electron chi connectivity index (χ4n) is 2.55. The molecule has 0 saturated heterocycles. The lowest BCUT2D eigenvalue weighted by atomic mass is 10.1. The number of halogens is 1. The summed E-state index contributed by atoms with van der Waals surface area (Å²) < 4.78 is 0. The van der Waals surface area contributed by atoms with E-state index in [1.807, 2.05) is 11.9 Å². The van der Waals surface area contributed by atoms with Gasteiger partial charge in [0.1, 0.15) is 5.15 Å². The fraction of sp³-hybridized carbons (Fsp3) is 0.571. The van der Waals surface area contributed by atoms with Crippen LogP contribution in [0.1, 0.15) is 48.9 Å². The maximum Gasteiger partial charge on any atom is 0.256 e. The van der Waals surface area contributed by atoms with Crippen LogP contribution < -0.4 is 0 Å². The number of hydrogen-bond donors (Lipinski definition) is 0. The Bertz CT molecular complexity index is 414. The number of rotatable bonds is 2. The molecule has 4 heteroatoms. The van der Waals surface area contributed by atoms with Gasteiger partial charge in [-0.1, -0.05) is 37.3 Å². The summed E-state index contributed by atoms with van der Waals surface area (Å²) in [4.78, 5) is 18.2. The first-order valence-electron chi connectivity index (χ1n) is 6.58. The molecule has 0 aromatic carbocycles. The number of amides is 1. The summed E-state index contributed by atoms with van der Waals surface area (Å²) >= 11 is 5.98. The van der Waals surface area contributed by atoms with Crippen LogP contribution >= 0.6 is 11.6 Å². The molecule has 98 valence electrons. The molecule has 0 bridgehead atoms. The Labute approximate surface area is 113 Å². The molecule has 1 aromatic rings. The molecule has 1 fully saturated rings. The van der Waals surface area contributed by atoms with Crippen molar-refractivity contribution in [3.63, 3.8) is 0 Å². The number of pyridine rings is 1. The van der Waals surface area contributed by atoms with Gasteiger partial charge in [0.25, 0.3) is 5.91 Å². The zero-order chi connectivity index (χ0) is 13.0. The van der Waals surface area contributed by atoms with Gasteiger partial charge in [0.15, 0.2) is 0 Å². The van der Waals surface area contributed by atoms with Crippen LogP contribution in [0, 0.1) is 0 Å². The SMILES string of the molecule is CN(C(=O)c1cccnc1Cl)C1CCCCCC1. The minimum atomic E-state index is -0.0139. The van der Waals surface area contributed by atoms with Crippen molar-refractivity contribution in [2.24, 2.45) is 0 Å². The fourth-order valence-corrected chi connectivity index (χ4v) is 2.75. The first-order chi connectivity index (χ1) is 8.70. The Morgan fingerprint density at radius 2 is 2.00 bits per heavy atom. The van der Waals surface area contributed by atoms with Gasteiger partial charge < -0.3 is 4.90 Å². The maximum absolute atomic E-state index is 12.4. The van der Waals surface area contributed by atoms with Crippen LogP contribution in [-0.4, -0.2) is 28.9 Å². The van der Waals surface area contributed by atoms with E-state index in [0.29, 0.717) is 16.8 Å². The Hall–Kier alpha value is -1.09. The molecule has 18 heavy (non-hydrogen) atoms. The van der Waals surface area contributed by atoms with Gasteiger partial charge in [-0.3, -0.25) is 4.79 Å². The van der Waals surface area contributed by atoms with E-state index < -0.39 is 0 Å². The van der Waals surface area contributed by atoms with Crippen molar-refractivity contribution >= 4 is 17.5 Å². The third-order valence-electron chi connectivity index (χ3n) is 3.68. The van der Waals surface area contributed by atoms with E-state index in [2.05, 4.69) is 4.98 Å². The molecule has 1 aromatic heterocycles. The van der Waals surface area contributed by atoms with Crippen molar-refractivity contribution in [3.05, 3.63) is 29.0 Å². The van der Waals surface area contributed by atoms with Crippen molar-refractivity contribution in [1.82, 2.24) is 9.88 Å². The molecule has 0 atom stereocenters. The van der Waals surface area contributed by atoms with Gasteiger partial charge in [-0.05, 0) is 25.0 Å². The Balaban J connectivity index is 2.10. The van der Waals surface area contributed by atoms with Crippen LogP contribution in [-0.2, 0) is 0 Å². The van der Waals surface area contributed by atoms with Gasteiger partial charge in [-0.2, -0.15) is 0 Å². The minimum Gasteiger partial charge on any atom is -0.339 e. The predicted molar refractivity (Wildman–Crippen MR) is 72.8 cm³/mol. The second-order valence-corrected chi connectivity index (χ2v) is 5.26. The van der Waals surface area contributed by atoms with Gasteiger partial charge in [0, 0.05) is 19.3 Å². The average Bonchev–Trinajstić information content (AvgIpc) is 2.66. The van der Waals surface area contributed by atoms with Crippen LogP contribution in [0.5, 0.6) is 0 Å². The molecule has 0 N–H and O–H groups in total. The molecule has 0 spiro atoms. The Morgan fingerprint density at radius 3 is 2.61 bits per heavy atom. The van der Waals surface area contributed by atoms with E-state index in [1.54, 1.807) is 18.3 Å². The highest BCUT2D eigenvalue weighted by Gasteiger charge is 2.23. The lowest BCUT2D eigenvalue weighted by Gasteiger charge is -2.27. The van der Waals surface area contributed by atoms with E-state index in [0.717, 1.165) is 12.8 Å². The molecule has 0 unspecified atom stereocenters. The number of carbonyl (C=O) groups excluding carboxylic acids is 1. The molecular formula is C14H19ClN2O. The molecule has 1 heterocycles. The topological polar surface area (TPSA) is 33.2 Å². The minimum absolute atomic E-state index is 0.0139. The number of carbonyl (C=O) groups is 1. The van der Waals surface area contributed by atoms with E-state index >= 15 is 0 Å². The molecule has 2 rings (SSSR count).